The Labute approximate surface area is 158 Å². The second-order valence-electron chi connectivity index (χ2n) is 5.94. The molecular formula is C19H21N3O2S2. The SMILES string of the molecule is O=S(=O)(CCCc1ccccc1)NCCc1csc(-c2cccnc2)n1. The number of nitrogens with one attached hydrogen (secondary N) is 1. The molecule has 2 heterocycles. The third kappa shape index (κ3) is 5.72. The van der Waals surface area contributed by atoms with E-state index in [1.165, 1.54) is 0 Å². The molecule has 3 rings (SSSR count). The number of aromatic nitrogens is 2. The van der Waals surface area contributed by atoms with Crippen molar-refractivity contribution >= 4 is 21.4 Å². The Balaban J connectivity index is 1.43. The summed E-state index contributed by atoms with van der Waals surface area (Å²) in [5, 5.41) is 2.87. The zero-order valence-corrected chi connectivity index (χ0v) is 16.0. The number of benzene rings is 1. The minimum absolute atomic E-state index is 0.139. The van der Waals surface area contributed by atoms with Crippen LogP contribution < -0.4 is 4.72 Å². The third-order valence-corrected chi connectivity index (χ3v) is 6.29. The molecule has 0 saturated carbocycles. The first kappa shape index (κ1) is 18.7. The number of hydrogen-bond donors (Lipinski definition) is 1. The van der Waals surface area contributed by atoms with Gasteiger partial charge in [-0.3, -0.25) is 4.98 Å². The fourth-order valence-corrected chi connectivity index (χ4v) is 4.49. The summed E-state index contributed by atoms with van der Waals surface area (Å²) < 4.78 is 26.9. The van der Waals surface area contributed by atoms with Crippen molar-refractivity contribution in [1.82, 2.24) is 14.7 Å². The Morgan fingerprint density at radius 3 is 2.65 bits per heavy atom. The second-order valence-corrected chi connectivity index (χ2v) is 8.72. The lowest BCUT2D eigenvalue weighted by Gasteiger charge is -2.06. The first-order chi connectivity index (χ1) is 12.6. The highest BCUT2D eigenvalue weighted by atomic mass is 32.2. The van der Waals surface area contributed by atoms with Gasteiger partial charge in [0, 0.05) is 36.3 Å². The molecule has 0 radical (unpaired) electrons. The van der Waals surface area contributed by atoms with Crippen LogP contribution in [0, 0.1) is 0 Å². The van der Waals surface area contributed by atoms with Crippen molar-refractivity contribution in [1.29, 1.82) is 0 Å². The lowest BCUT2D eigenvalue weighted by atomic mass is 10.1. The minimum Gasteiger partial charge on any atom is -0.264 e. The van der Waals surface area contributed by atoms with Crippen LogP contribution in [0.1, 0.15) is 17.7 Å². The predicted octanol–water partition coefficient (Wildman–Crippen LogP) is 3.30. The van der Waals surface area contributed by atoms with Gasteiger partial charge in [0.1, 0.15) is 5.01 Å². The monoisotopic (exact) mass is 387 g/mol. The van der Waals surface area contributed by atoms with Crippen molar-refractivity contribution in [2.24, 2.45) is 0 Å². The zero-order valence-electron chi connectivity index (χ0n) is 14.3. The quantitative estimate of drug-likeness (QED) is 0.611. The summed E-state index contributed by atoms with van der Waals surface area (Å²) in [6.07, 6.45) is 5.46. The van der Waals surface area contributed by atoms with Crippen LogP contribution in [0.2, 0.25) is 0 Å². The number of aryl methyl sites for hydroxylation is 1. The standard InChI is InChI=1S/C19H21N3O2S2/c23-26(24,13-5-8-16-6-2-1-3-7-16)21-12-10-18-15-25-19(22-18)17-9-4-11-20-14-17/h1-4,6-7,9,11,14-15,21H,5,8,10,12-13H2. The van der Waals surface area contributed by atoms with Crippen molar-refractivity contribution in [3.63, 3.8) is 0 Å². The molecule has 0 amide bonds. The molecular weight excluding hydrogens is 366 g/mol. The van der Waals surface area contributed by atoms with Gasteiger partial charge in [0.25, 0.3) is 0 Å². The number of rotatable bonds is 9. The van der Waals surface area contributed by atoms with Gasteiger partial charge in [0.05, 0.1) is 11.4 Å². The lowest BCUT2D eigenvalue weighted by Crippen LogP contribution is -2.28. The summed E-state index contributed by atoms with van der Waals surface area (Å²) in [6, 6.07) is 13.8. The van der Waals surface area contributed by atoms with Gasteiger partial charge in [0.2, 0.25) is 10.0 Å². The van der Waals surface area contributed by atoms with E-state index in [9.17, 15) is 8.42 Å². The van der Waals surface area contributed by atoms with Crippen LogP contribution in [0.15, 0.2) is 60.2 Å². The van der Waals surface area contributed by atoms with Gasteiger partial charge in [-0.1, -0.05) is 30.3 Å². The van der Waals surface area contributed by atoms with Gasteiger partial charge in [-0.2, -0.15) is 0 Å². The Hall–Kier alpha value is -2.09. The highest BCUT2D eigenvalue weighted by Gasteiger charge is 2.10. The summed E-state index contributed by atoms with van der Waals surface area (Å²) >= 11 is 1.54. The van der Waals surface area contributed by atoms with Gasteiger partial charge >= 0.3 is 0 Å². The summed E-state index contributed by atoms with van der Waals surface area (Å²) in [7, 11) is -3.25. The molecule has 0 bridgehead atoms. The molecule has 1 N–H and O–H groups in total. The number of thiazole rings is 1. The van der Waals surface area contributed by atoms with Crippen molar-refractivity contribution in [3.8, 4) is 10.6 Å². The van der Waals surface area contributed by atoms with Crippen LogP contribution >= 0.6 is 11.3 Å². The van der Waals surface area contributed by atoms with Gasteiger partial charge in [-0.15, -0.1) is 11.3 Å². The molecule has 3 aromatic rings. The first-order valence-electron chi connectivity index (χ1n) is 8.48. The molecule has 0 aliphatic heterocycles. The van der Waals surface area contributed by atoms with Crippen LogP contribution in [-0.4, -0.2) is 30.7 Å². The Kier molecular flexibility index (Phi) is 6.49. The molecule has 7 heteroatoms. The van der Waals surface area contributed by atoms with Crippen molar-refractivity contribution in [2.45, 2.75) is 19.3 Å². The maximum atomic E-state index is 12.1. The van der Waals surface area contributed by atoms with E-state index in [-0.39, 0.29) is 5.75 Å². The molecule has 0 saturated heterocycles. The van der Waals surface area contributed by atoms with Gasteiger partial charge in [-0.05, 0) is 30.5 Å². The van der Waals surface area contributed by atoms with Gasteiger partial charge in [0.15, 0.2) is 0 Å². The van der Waals surface area contributed by atoms with E-state index < -0.39 is 10.0 Å². The smallest absolute Gasteiger partial charge is 0.211 e. The van der Waals surface area contributed by atoms with Crippen molar-refractivity contribution < 1.29 is 8.42 Å². The molecule has 26 heavy (non-hydrogen) atoms. The van der Waals surface area contributed by atoms with E-state index in [4.69, 9.17) is 0 Å². The summed E-state index contributed by atoms with van der Waals surface area (Å²) in [5.74, 6) is 0.139. The summed E-state index contributed by atoms with van der Waals surface area (Å²) in [6.45, 7) is 0.365. The van der Waals surface area contributed by atoms with E-state index >= 15 is 0 Å². The topological polar surface area (TPSA) is 72.0 Å². The largest absolute Gasteiger partial charge is 0.264 e. The average molecular weight is 388 g/mol. The van der Waals surface area contributed by atoms with E-state index in [0.29, 0.717) is 19.4 Å². The molecule has 0 spiro atoms. The normalized spacial score (nSPS) is 11.5. The van der Waals surface area contributed by atoms with Crippen LogP contribution in [0.5, 0.6) is 0 Å². The zero-order chi connectivity index (χ0) is 18.2. The molecule has 0 fully saturated rings. The van der Waals surface area contributed by atoms with Crippen LogP contribution in [0.25, 0.3) is 10.6 Å². The van der Waals surface area contributed by atoms with E-state index in [0.717, 1.165) is 28.2 Å². The predicted molar refractivity (Wildman–Crippen MR) is 106 cm³/mol. The van der Waals surface area contributed by atoms with E-state index in [1.807, 2.05) is 47.8 Å². The number of hydrogen-bond acceptors (Lipinski definition) is 5. The molecule has 1 aromatic carbocycles. The fraction of sp³-hybridized carbons (Fsp3) is 0.263. The lowest BCUT2D eigenvalue weighted by molar-refractivity contribution is 0.578. The van der Waals surface area contributed by atoms with Crippen LogP contribution in [0.3, 0.4) is 0 Å². The molecule has 5 nitrogen and oxygen atoms in total. The molecule has 0 aliphatic carbocycles. The molecule has 0 unspecified atom stereocenters. The second kappa shape index (κ2) is 9.02. The number of sulfonamides is 1. The van der Waals surface area contributed by atoms with Gasteiger partial charge < -0.3 is 0 Å². The fourth-order valence-electron chi connectivity index (χ4n) is 2.56. The highest BCUT2D eigenvalue weighted by molar-refractivity contribution is 7.89. The molecule has 136 valence electrons. The maximum absolute atomic E-state index is 12.1. The highest BCUT2D eigenvalue weighted by Crippen LogP contribution is 2.22. The summed E-state index contributed by atoms with van der Waals surface area (Å²) in [5.41, 5.74) is 3.03. The summed E-state index contributed by atoms with van der Waals surface area (Å²) in [4.78, 5) is 8.64. The Bertz CT molecular complexity index is 910. The van der Waals surface area contributed by atoms with E-state index in [2.05, 4.69) is 14.7 Å². The van der Waals surface area contributed by atoms with Gasteiger partial charge in [-0.25, -0.2) is 18.1 Å². The average Bonchev–Trinajstić information content (AvgIpc) is 3.12. The van der Waals surface area contributed by atoms with Crippen LogP contribution in [-0.2, 0) is 22.9 Å². The number of nitrogens with zero attached hydrogens (tertiary/aromatic N) is 2. The van der Waals surface area contributed by atoms with Crippen molar-refractivity contribution in [2.75, 3.05) is 12.3 Å². The Morgan fingerprint density at radius 2 is 1.88 bits per heavy atom. The Morgan fingerprint density at radius 1 is 1.04 bits per heavy atom. The minimum atomic E-state index is -3.25. The van der Waals surface area contributed by atoms with Crippen LogP contribution in [0.4, 0.5) is 0 Å². The molecule has 0 atom stereocenters. The molecule has 0 aliphatic rings. The number of pyridine rings is 1. The maximum Gasteiger partial charge on any atom is 0.211 e. The third-order valence-electron chi connectivity index (χ3n) is 3.88. The van der Waals surface area contributed by atoms with Crippen molar-refractivity contribution in [3.05, 3.63) is 71.5 Å². The van der Waals surface area contributed by atoms with E-state index in [1.54, 1.807) is 23.7 Å². The first-order valence-corrected chi connectivity index (χ1v) is 11.0. The molecule has 2 aromatic heterocycles.